The van der Waals surface area contributed by atoms with Crippen molar-refractivity contribution in [3.63, 3.8) is 0 Å². The molecule has 0 bridgehead atoms. The third-order valence-corrected chi connectivity index (χ3v) is 3.12. The monoisotopic (exact) mass is 288 g/mol. The number of carboxylic acid groups (broad SMARTS) is 1. The van der Waals surface area contributed by atoms with Crippen LogP contribution in [0.2, 0.25) is 0 Å². The fourth-order valence-corrected chi connectivity index (χ4v) is 1.95. The molecule has 0 heterocycles. The van der Waals surface area contributed by atoms with Gasteiger partial charge in [-0.15, -0.1) is 0 Å². The third-order valence-electron chi connectivity index (χ3n) is 3.12. The standard InChI is InChI=1S/C17H17FO3/c1-17(2,3)11-6-4-7-12(10-11)21-14-9-5-8-13(18)15(14)16(19)20/h4-10H,1-3H3,(H,19,20). The molecular formula is C17H17FO3. The Bertz CT molecular complexity index is 672. The molecule has 3 nitrogen and oxygen atoms in total. The summed E-state index contributed by atoms with van der Waals surface area (Å²) in [6.45, 7) is 6.20. The summed E-state index contributed by atoms with van der Waals surface area (Å²) < 4.78 is 19.2. The second-order valence-corrected chi connectivity index (χ2v) is 5.80. The summed E-state index contributed by atoms with van der Waals surface area (Å²) in [5, 5.41) is 9.09. The minimum atomic E-state index is -1.35. The predicted octanol–water partition coefficient (Wildman–Crippen LogP) is 4.61. The van der Waals surface area contributed by atoms with E-state index < -0.39 is 17.3 Å². The van der Waals surface area contributed by atoms with E-state index in [4.69, 9.17) is 9.84 Å². The molecule has 4 heteroatoms. The van der Waals surface area contributed by atoms with Crippen LogP contribution in [-0.4, -0.2) is 11.1 Å². The van der Waals surface area contributed by atoms with Crippen molar-refractivity contribution in [2.24, 2.45) is 0 Å². The Kier molecular flexibility index (Phi) is 3.98. The summed E-state index contributed by atoms with van der Waals surface area (Å²) in [5.74, 6) is -1.69. The maximum Gasteiger partial charge on any atom is 0.342 e. The second kappa shape index (κ2) is 5.56. The maximum absolute atomic E-state index is 13.6. The molecule has 2 rings (SSSR count). The minimum absolute atomic E-state index is 0.00596. The van der Waals surface area contributed by atoms with Gasteiger partial charge in [0.1, 0.15) is 22.9 Å². The summed E-state index contributed by atoms with van der Waals surface area (Å²) in [7, 11) is 0. The van der Waals surface area contributed by atoms with Gasteiger partial charge in [-0.3, -0.25) is 0 Å². The molecule has 0 aliphatic heterocycles. The first-order valence-electron chi connectivity index (χ1n) is 6.59. The molecule has 0 unspecified atom stereocenters. The van der Waals surface area contributed by atoms with E-state index in [1.54, 1.807) is 6.07 Å². The number of ether oxygens (including phenoxy) is 1. The van der Waals surface area contributed by atoms with Crippen LogP contribution in [0.5, 0.6) is 11.5 Å². The lowest BCUT2D eigenvalue weighted by atomic mass is 9.87. The molecule has 0 saturated carbocycles. The van der Waals surface area contributed by atoms with Gasteiger partial charge in [0, 0.05) is 0 Å². The fraction of sp³-hybridized carbons (Fsp3) is 0.235. The van der Waals surface area contributed by atoms with Crippen LogP contribution < -0.4 is 4.74 Å². The first-order chi connectivity index (χ1) is 9.79. The van der Waals surface area contributed by atoms with Gasteiger partial charge < -0.3 is 9.84 Å². The minimum Gasteiger partial charge on any atom is -0.477 e. The summed E-state index contributed by atoms with van der Waals surface area (Å²) >= 11 is 0. The molecule has 110 valence electrons. The highest BCUT2D eigenvalue weighted by Crippen LogP contribution is 2.30. The summed E-state index contributed by atoms with van der Waals surface area (Å²) in [4.78, 5) is 11.1. The van der Waals surface area contributed by atoms with Crippen LogP contribution in [0.4, 0.5) is 4.39 Å². The number of halogens is 1. The smallest absolute Gasteiger partial charge is 0.342 e. The van der Waals surface area contributed by atoms with Gasteiger partial charge in [0.25, 0.3) is 0 Å². The van der Waals surface area contributed by atoms with Crippen molar-refractivity contribution in [2.75, 3.05) is 0 Å². The number of benzene rings is 2. The van der Waals surface area contributed by atoms with Crippen LogP contribution in [0.3, 0.4) is 0 Å². The van der Waals surface area contributed by atoms with Crippen molar-refractivity contribution in [3.8, 4) is 11.5 Å². The SMILES string of the molecule is CC(C)(C)c1cccc(Oc2cccc(F)c2C(=O)O)c1. The van der Waals surface area contributed by atoms with Crippen molar-refractivity contribution >= 4 is 5.97 Å². The zero-order valence-corrected chi connectivity index (χ0v) is 12.2. The van der Waals surface area contributed by atoms with E-state index in [0.29, 0.717) is 5.75 Å². The predicted molar refractivity (Wildman–Crippen MR) is 78.6 cm³/mol. The van der Waals surface area contributed by atoms with Crippen molar-refractivity contribution in [3.05, 3.63) is 59.4 Å². The Balaban J connectivity index is 2.40. The first kappa shape index (κ1) is 15.0. The molecule has 0 aliphatic carbocycles. The molecule has 2 aromatic carbocycles. The van der Waals surface area contributed by atoms with Crippen LogP contribution in [0, 0.1) is 5.82 Å². The van der Waals surface area contributed by atoms with E-state index in [1.807, 2.05) is 18.2 Å². The van der Waals surface area contributed by atoms with Crippen molar-refractivity contribution in [1.29, 1.82) is 0 Å². The van der Waals surface area contributed by atoms with Gasteiger partial charge in [-0.25, -0.2) is 9.18 Å². The highest BCUT2D eigenvalue weighted by Gasteiger charge is 2.18. The average Bonchev–Trinajstić information content (AvgIpc) is 2.37. The number of carbonyl (C=O) groups is 1. The van der Waals surface area contributed by atoms with Crippen LogP contribution in [-0.2, 0) is 5.41 Å². The van der Waals surface area contributed by atoms with Gasteiger partial charge in [-0.2, -0.15) is 0 Å². The number of hydrogen-bond donors (Lipinski definition) is 1. The topological polar surface area (TPSA) is 46.5 Å². The molecule has 0 spiro atoms. The lowest BCUT2D eigenvalue weighted by molar-refractivity contribution is 0.0689. The molecule has 0 aromatic heterocycles. The van der Waals surface area contributed by atoms with E-state index in [-0.39, 0.29) is 11.2 Å². The normalized spacial score (nSPS) is 11.2. The molecule has 0 amide bonds. The van der Waals surface area contributed by atoms with E-state index >= 15 is 0 Å². The van der Waals surface area contributed by atoms with Gasteiger partial charge in [0.2, 0.25) is 0 Å². The molecule has 0 radical (unpaired) electrons. The van der Waals surface area contributed by atoms with Gasteiger partial charge >= 0.3 is 5.97 Å². The second-order valence-electron chi connectivity index (χ2n) is 5.80. The molecule has 2 aromatic rings. The third kappa shape index (κ3) is 3.40. The van der Waals surface area contributed by atoms with Gasteiger partial charge in [-0.05, 0) is 35.2 Å². The Labute approximate surface area is 123 Å². The average molecular weight is 288 g/mol. The lowest BCUT2D eigenvalue weighted by Gasteiger charge is -2.20. The summed E-state index contributed by atoms with van der Waals surface area (Å²) in [6.07, 6.45) is 0. The lowest BCUT2D eigenvalue weighted by Crippen LogP contribution is -2.10. The number of hydrogen-bond acceptors (Lipinski definition) is 2. The quantitative estimate of drug-likeness (QED) is 0.896. The summed E-state index contributed by atoms with van der Waals surface area (Å²) in [5.41, 5.74) is 0.531. The summed E-state index contributed by atoms with van der Waals surface area (Å²) in [6, 6.07) is 11.3. The van der Waals surface area contributed by atoms with Gasteiger partial charge in [-0.1, -0.05) is 39.0 Å². The number of rotatable bonds is 3. The largest absolute Gasteiger partial charge is 0.477 e. The molecule has 0 atom stereocenters. The fourth-order valence-electron chi connectivity index (χ4n) is 1.95. The van der Waals surface area contributed by atoms with Crippen LogP contribution in [0.25, 0.3) is 0 Å². The Morgan fingerprint density at radius 1 is 1.14 bits per heavy atom. The molecule has 21 heavy (non-hydrogen) atoms. The van der Waals surface area contributed by atoms with Crippen molar-refractivity contribution in [1.82, 2.24) is 0 Å². The Hall–Kier alpha value is -2.36. The maximum atomic E-state index is 13.6. The molecule has 0 aliphatic rings. The molecule has 0 fully saturated rings. The number of aromatic carboxylic acids is 1. The molecular weight excluding hydrogens is 271 g/mol. The van der Waals surface area contributed by atoms with E-state index in [0.717, 1.165) is 11.6 Å². The Morgan fingerprint density at radius 2 is 1.81 bits per heavy atom. The number of carboxylic acids is 1. The van der Waals surface area contributed by atoms with Crippen LogP contribution >= 0.6 is 0 Å². The van der Waals surface area contributed by atoms with Gasteiger partial charge in [0.05, 0.1) is 0 Å². The van der Waals surface area contributed by atoms with E-state index in [1.165, 1.54) is 12.1 Å². The van der Waals surface area contributed by atoms with E-state index in [2.05, 4.69) is 20.8 Å². The zero-order chi connectivity index (χ0) is 15.6. The van der Waals surface area contributed by atoms with Crippen molar-refractivity contribution in [2.45, 2.75) is 26.2 Å². The van der Waals surface area contributed by atoms with E-state index in [9.17, 15) is 9.18 Å². The van der Waals surface area contributed by atoms with Crippen LogP contribution in [0.1, 0.15) is 36.7 Å². The zero-order valence-electron chi connectivity index (χ0n) is 12.2. The van der Waals surface area contributed by atoms with Gasteiger partial charge in [0.15, 0.2) is 0 Å². The molecule has 0 saturated heterocycles. The van der Waals surface area contributed by atoms with Crippen LogP contribution in [0.15, 0.2) is 42.5 Å². The Morgan fingerprint density at radius 3 is 2.43 bits per heavy atom. The first-order valence-corrected chi connectivity index (χ1v) is 6.59. The highest BCUT2D eigenvalue weighted by molar-refractivity contribution is 5.91. The van der Waals surface area contributed by atoms with Crippen molar-refractivity contribution < 1.29 is 19.0 Å². The molecule has 1 N–H and O–H groups in total. The highest BCUT2D eigenvalue weighted by atomic mass is 19.1.